The zero-order valence-corrected chi connectivity index (χ0v) is 9.96. The van der Waals surface area contributed by atoms with E-state index in [0.717, 1.165) is 0 Å². The summed E-state index contributed by atoms with van der Waals surface area (Å²) in [6, 6.07) is 6.52. The van der Waals surface area contributed by atoms with Crippen LogP contribution in [-0.4, -0.2) is 0 Å². The molecule has 80 valence electrons. The van der Waals surface area contributed by atoms with Gasteiger partial charge in [0, 0.05) is 0 Å². The molecular weight excluding hydrogens is 180 g/mol. The highest BCUT2D eigenvalue weighted by molar-refractivity contribution is 5.57. The van der Waals surface area contributed by atoms with Crippen molar-refractivity contribution in [1.82, 2.24) is 0 Å². The van der Waals surface area contributed by atoms with Crippen molar-refractivity contribution in [1.29, 1.82) is 0 Å². The van der Waals surface area contributed by atoms with Gasteiger partial charge in [0.1, 0.15) is 0 Å². The highest BCUT2D eigenvalue weighted by Gasteiger charge is 2.07. The Hall–Kier alpha value is -1.30. The molecule has 0 saturated heterocycles. The molecule has 0 amide bonds. The normalized spacial score (nSPS) is 13.0. The van der Waals surface area contributed by atoms with Gasteiger partial charge in [-0.3, -0.25) is 0 Å². The van der Waals surface area contributed by atoms with Crippen molar-refractivity contribution >= 4 is 6.08 Å². The first-order chi connectivity index (χ1) is 7.20. The van der Waals surface area contributed by atoms with E-state index in [1.54, 1.807) is 0 Å². The Kier molecular flexibility index (Phi) is 4.36. The second-order valence-electron chi connectivity index (χ2n) is 3.97. The van der Waals surface area contributed by atoms with Gasteiger partial charge in [-0.2, -0.15) is 0 Å². The molecule has 0 aliphatic rings. The van der Waals surface area contributed by atoms with Gasteiger partial charge in [-0.05, 0) is 36.0 Å². The SMILES string of the molecule is C=C/C=C\c1cccc(C(C)CC)c1C. The molecule has 0 aliphatic heterocycles. The van der Waals surface area contributed by atoms with Gasteiger partial charge in [-0.25, -0.2) is 0 Å². The van der Waals surface area contributed by atoms with E-state index in [2.05, 4.69) is 51.6 Å². The molecule has 15 heavy (non-hydrogen) atoms. The zero-order valence-electron chi connectivity index (χ0n) is 9.96. The summed E-state index contributed by atoms with van der Waals surface area (Å²) in [7, 11) is 0. The third-order valence-corrected chi connectivity index (χ3v) is 2.97. The van der Waals surface area contributed by atoms with Gasteiger partial charge in [-0.1, -0.05) is 56.9 Å². The molecule has 0 bridgehead atoms. The fraction of sp³-hybridized carbons (Fsp3) is 0.333. The molecule has 0 heterocycles. The molecule has 0 aliphatic carbocycles. The highest BCUT2D eigenvalue weighted by Crippen LogP contribution is 2.25. The van der Waals surface area contributed by atoms with Crippen LogP contribution in [0.3, 0.4) is 0 Å². The van der Waals surface area contributed by atoms with Crippen LogP contribution < -0.4 is 0 Å². The Balaban J connectivity index is 3.10. The molecule has 0 heteroatoms. The van der Waals surface area contributed by atoms with Gasteiger partial charge >= 0.3 is 0 Å². The maximum Gasteiger partial charge on any atom is -0.0190 e. The van der Waals surface area contributed by atoms with Gasteiger partial charge < -0.3 is 0 Å². The van der Waals surface area contributed by atoms with Crippen LogP contribution in [0, 0.1) is 6.92 Å². The van der Waals surface area contributed by atoms with Crippen molar-refractivity contribution in [2.45, 2.75) is 33.1 Å². The maximum atomic E-state index is 3.69. The van der Waals surface area contributed by atoms with Crippen LogP contribution in [-0.2, 0) is 0 Å². The van der Waals surface area contributed by atoms with E-state index in [9.17, 15) is 0 Å². The van der Waals surface area contributed by atoms with E-state index in [1.807, 2.05) is 12.2 Å². The summed E-state index contributed by atoms with van der Waals surface area (Å²) in [6.45, 7) is 10.4. The lowest BCUT2D eigenvalue weighted by molar-refractivity contribution is 0.728. The van der Waals surface area contributed by atoms with Crippen molar-refractivity contribution in [3.8, 4) is 0 Å². The van der Waals surface area contributed by atoms with E-state index >= 15 is 0 Å². The fourth-order valence-corrected chi connectivity index (χ4v) is 1.78. The predicted octanol–water partition coefficient (Wildman–Crippen LogP) is 4.71. The molecule has 0 saturated carbocycles. The molecule has 1 aromatic carbocycles. The van der Waals surface area contributed by atoms with E-state index in [1.165, 1.54) is 23.1 Å². The Morgan fingerprint density at radius 2 is 2.13 bits per heavy atom. The molecule has 0 N–H and O–H groups in total. The zero-order chi connectivity index (χ0) is 11.3. The minimum atomic E-state index is 0.641. The van der Waals surface area contributed by atoms with E-state index in [0.29, 0.717) is 5.92 Å². The monoisotopic (exact) mass is 200 g/mol. The first kappa shape index (κ1) is 11.8. The largest absolute Gasteiger partial charge is 0.0991 e. The summed E-state index contributed by atoms with van der Waals surface area (Å²) in [5.74, 6) is 0.641. The third kappa shape index (κ3) is 2.82. The van der Waals surface area contributed by atoms with Gasteiger partial charge in [-0.15, -0.1) is 0 Å². The number of benzene rings is 1. The van der Waals surface area contributed by atoms with Crippen LogP contribution >= 0.6 is 0 Å². The first-order valence-electron chi connectivity index (χ1n) is 5.59. The Labute approximate surface area is 93.3 Å². The summed E-state index contributed by atoms with van der Waals surface area (Å²) in [4.78, 5) is 0. The highest BCUT2D eigenvalue weighted by atomic mass is 14.1. The molecule has 1 atom stereocenters. The molecule has 1 aromatic rings. The molecule has 0 radical (unpaired) electrons. The van der Waals surface area contributed by atoms with Crippen molar-refractivity contribution in [2.75, 3.05) is 0 Å². The van der Waals surface area contributed by atoms with Crippen LogP contribution in [0.5, 0.6) is 0 Å². The molecule has 0 spiro atoms. The van der Waals surface area contributed by atoms with Crippen LogP contribution in [0.2, 0.25) is 0 Å². The number of hydrogen-bond acceptors (Lipinski definition) is 0. The van der Waals surface area contributed by atoms with Crippen molar-refractivity contribution < 1.29 is 0 Å². The quantitative estimate of drug-likeness (QED) is 0.617. The molecule has 0 aromatic heterocycles. The minimum Gasteiger partial charge on any atom is -0.0991 e. The molecule has 0 fully saturated rings. The lowest BCUT2D eigenvalue weighted by atomic mass is 9.91. The molecule has 1 rings (SSSR count). The number of rotatable bonds is 4. The Morgan fingerprint density at radius 3 is 2.73 bits per heavy atom. The van der Waals surface area contributed by atoms with Gasteiger partial charge in [0.05, 0.1) is 0 Å². The summed E-state index contributed by atoms with van der Waals surface area (Å²) >= 11 is 0. The summed E-state index contributed by atoms with van der Waals surface area (Å²) in [5.41, 5.74) is 4.15. The van der Waals surface area contributed by atoms with Crippen molar-refractivity contribution in [3.63, 3.8) is 0 Å². The summed E-state index contributed by atoms with van der Waals surface area (Å²) < 4.78 is 0. The third-order valence-electron chi connectivity index (χ3n) is 2.97. The molecular formula is C15H20. The summed E-state index contributed by atoms with van der Waals surface area (Å²) in [6.07, 6.45) is 7.11. The van der Waals surface area contributed by atoms with Gasteiger partial charge in [0.25, 0.3) is 0 Å². The van der Waals surface area contributed by atoms with Crippen LogP contribution in [0.15, 0.2) is 36.9 Å². The Morgan fingerprint density at radius 1 is 1.40 bits per heavy atom. The van der Waals surface area contributed by atoms with Crippen LogP contribution in [0.25, 0.3) is 6.08 Å². The molecule has 1 unspecified atom stereocenters. The lowest BCUT2D eigenvalue weighted by Crippen LogP contribution is -1.96. The smallest absolute Gasteiger partial charge is 0.0190 e. The van der Waals surface area contributed by atoms with Crippen molar-refractivity contribution in [3.05, 3.63) is 53.6 Å². The molecule has 0 nitrogen and oxygen atoms in total. The van der Waals surface area contributed by atoms with E-state index < -0.39 is 0 Å². The average Bonchev–Trinajstić information content (AvgIpc) is 2.27. The topological polar surface area (TPSA) is 0 Å². The number of hydrogen-bond donors (Lipinski definition) is 0. The van der Waals surface area contributed by atoms with Crippen LogP contribution in [0.4, 0.5) is 0 Å². The minimum absolute atomic E-state index is 0.641. The predicted molar refractivity (Wildman–Crippen MR) is 69.1 cm³/mol. The average molecular weight is 200 g/mol. The van der Waals surface area contributed by atoms with E-state index in [4.69, 9.17) is 0 Å². The Bertz CT molecular complexity index is 358. The second kappa shape index (κ2) is 5.55. The summed E-state index contributed by atoms with van der Waals surface area (Å²) in [5, 5.41) is 0. The number of allylic oxidation sites excluding steroid dienone is 2. The standard InChI is InChI=1S/C15H20/c1-5-7-9-14-10-8-11-15(13(14)4)12(3)6-2/h5,7-12H,1,6H2,2-4H3/b9-7-. The lowest BCUT2D eigenvalue weighted by Gasteiger charge is -2.14. The van der Waals surface area contributed by atoms with Gasteiger partial charge in [0.15, 0.2) is 0 Å². The van der Waals surface area contributed by atoms with Crippen molar-refractivity contribution in [2.24, 2.45) is 0 Å². The fourth-order valence-electron chi connectivity index (χ4n) is 1.78. The van der Waals surface area contributed by atoms with E-state index in [-0.39, 0.29) is 0 Å². The van der Waals surface area contributed by atoms with Gasteiger partial charge in [0.2, 0.25) is 0 Å². The second-order valence-corrected chi connectivity index (χ2v) is 3.97. The maximum absolute atomic E-state index is 3.69. The van der Waals surface area contributed by atoms with Crippen LogP contribution in [0.1, 0.15) is 42.9 Å². The first-order valence-corrected chi connectivity index (χ1v) is 5.59.